The predicted octanol–water partition coefficient (Wildman–Crippen LogP) is 3.13. The first-order valence-electron chi connectivity index (χ1n) is 3.91. The number of carbonyl (C=O) groups excluding carboxylic acids is 1. The number of hydrogen-bond acceptors (Lipinski definition) is 3. The highest BCUT2D eigenvalue weighted by Gasteiger charge is 2.08. The van der Waals surface area contributed by atoms with Crippen LogP contribution in [0.3, 0.4) is 0 Å². The highest BCUT2D eigenvalue weighted by Crippen LogP contribution is 2.30. The molecule has 2 rings (SSSR count). The van der Waals surface area contributed by atoms with Crippen LogP contribution in [0.15, 0.2) is 28.9 Å². The van der Waals surface area contributed by atoms with Crippen molar-refractivity contribution < 1.29 is 9.21 Å². The van der Waals surface area contributed by atoms with E-state index in [4.69, 9.17) is 4.42 Å². The molecule has 2 aromatic heterocycles. The Balaban J connectivity index is 2.51. The number of rotatable bonds is 2. The maximum absolute atomic E-state index is 10.6. The van der Waals surface area contributed by atoms with Crippen LogP contribution in [0.5, 0.6) is 0 Å². The molecule has 0 saturated carbocycles. The predicted molar refractivity (Wildman–Crippen MR) is 52.1 cm³/mol. The van der Waals surface area contributed by atoms with Gasteiger partial charge in [0.15, 0.2) is 12.0 Å². The van der Waals surface area contributed by atoms with Crippen molar-refractivity contribution in [2.75, 3.05) is 0 Å². The lowest BCUT2D eigenvalue weighted by molar-refractivity contribution is 0.110. The van der Waals surface area contributed by atoms with E-state index in [0.717, 1.165) is 16.7 Å². The highest BCUT2D eigenvalue weighted by atomic mass is 32.1. The Morgan fingerprint density at radius 3 is 2.85 bits per heavy atom. The summed E-state index contributed by atoms with van der Waals surface area (Å²) in [6.45, 7) is 2.04. The summed E-state index contributed by atoms with van der Waals surface area (Å²) < 4.78 is 5.02. The van der Waals surface area contributed by atoms with Gasteiger partial charge in [-0.15, -0.1) is 11.3 Å². The zero-order valence-electron chi connectivity index (χ0n) is 7.11. The highest BCUT2D eigenvalue weighted by molar-refractivity contribution is 7.15. The maximum atomic E-state index is 10.6. The molecule has 0 amide bonds. The Morgan fingerprint density at radius 2 is 2.23 bits per heavy atom. The van der Waals surface area contributed by atoms with E-state index >= 15 is 0 Å². The number of carbonyl (C=O) groups is 1. The lowest BCUT2D eigenvalue weighted by atomic mass is 10.2. The first kappa shape index (κ1) is 8.26. The van der Waals surface area contributed by atoms with Gasteiger partial charge in [-0.3, -0.25) is 4.79 Å². The molecule has 0 aliphatic rings. The van der Waals surface area contributed by atoms with E-state index in [-0.39, 0.29) is 0 Å². The number of thiophene rings is 1. The van der Waals surface area contributed by atoms with E-state index in [9.17, 15) is 4.79 Å². The third-order valence-electron chi connectivity index (χ3n) is 1.81. The van der Waals surface area contributed by atoms with Crippen LogP contribution in [-0.2, 0) is 0 Å². The third-order valence-corrected chi connectivity index (χ3v) is 2.84. The third kappa shape index (κ3) is 1.42. The Labute approximate surface area is 79.8 Å². The quantitative estimate of drug-likeness (QED) is 0.684. The minimum Gasteiger partial charge on any atom is -0.461 e. The largest absolute Gasteiger partial charge is 0.461 e. The van der Waals surface area contributed by atoms with Gasteiger partial charge in [-0.1, -0.05) is 0 Å². The minimum absolute atomic E-state index is 0.404. The summed E-state index contributed by atoms with van der Waals surface area (Å²) in [6, 6.07) is 5.84. The molecule has 2 nitrogen and oxygen atoms in total. The first-order chi connectivity index (χ1) is 6.31. The van der Waals surface area contributed by atoms with E-state index in [1.54, 1.807) is 11.3 Å². The summed E-state index contributed by atoms with van der Waals surface area (Å²) >= 11 is 1.66. The van der Waals surface area contributed by atoms with Crippen molar-refractivity contribution in [2.45, 2.75) is 6.92 Å². The zero-order chi connectivity index (χ0) is 9.26. The molecule has 0 N–H and O–H groups in total. The van der Waals surface area contributed by atoms with Gasteiger partial charge in [0.1, 0.15) is 0 Å². The van der Waals surface area contributed by atoms with Gasteiger partial charge in [-0.25, -0.2) is 0 Å². The van der Waals surface area contributed by atoms with Crippen molar-refractivity contribution in [1.29, 1.82) is 0 Å². The molecule has 66 valence electrons. The van der Waals surface area contributed by atoms with E-state index in [1.165, 1.54) is 11.1 Å². The van der Waals surface area contributed by atoms with Crippen molar-refractivity contribution in [3.05, 3.63) is 35.1 Å². The molecular weight excluding hydrogens is 184 g/mol. The van der Waals surface area contributed by atoms with Gasteiger partial charge in [0.05, 0.1) is 6.26 Å². The molecule has 0 saturated heterocycles. The van der Waals surface area contributed by atoms with Crippen LogP contribution in [0.25, 0.3) is 10.4 Å². The maximum Gasteiger partial charge on any atom is 0.185 e. The zero-order valence-corrected chi connectivity index (χ0v) is 7.93. The molecule has 3 heteroatoms. The van der Waals surface area contributed by atoms with Gasteiger partial charge in [0.2, 0.25) is 0 Å². The molecule has 2 aromatic rings. The average Bonchev–Trinajstić information content (AvgIpc) is 2.71. The van der Waals surface area contributed by atoms with Gasteiger partial charge in [0, 0.05) is 15.3 Å². The second kappa shape index (κ2) is 3.18. The number of aryl methyl sites for hydroxylation is 1. The summed E-state index contributed by atoms with van der Waals surface area (Å²) in [6.07, 6.45) is 2.28. The molecule has 2 heterocycles. The standard InChI is InChI=1S/C10H8O2S/c1-7-2-3-10(13-7)8-4-5-12-9(8)6-11/h2-6H,1H3. The molecule has 13 heavy (non-hydrogen) atoms. The average molecular weight is 192 g/mol. The summed E-state index contributed by atoms with van der Waals surface area (Å²) in [5, 5.41) is 0. The Morgan fingerprint density at radius 1 is 1.38 bits per heavy atom. The molecular formula is C10H8O2S. The van der Waals surface area contributed by atoms with Crippen molar-refractivity contribution in [3.63, 3.8) is 0 Å². The van der Waals surface area contributed by atoms with Crippen LogP contribution in [0.1, 0.15) is 15.4 Å². The van der Waals surface area contributed by atoms with Crippen LogP contribution in [0.4, 0.5) is 0 Å². The molecule has 0 aromatic carbocycles. The topological polar surface area (TPSA) is 30.2 Å². The van der Waals surface area contributed by atoms with E-state index in [1.807, 2.05) is 25.1 Å². The normalized spacial score (nSPS) is 10.2. The number of aldehydes is 1. The Hall–Kier alpha value is -1.35. The molecule has 0 aliphatic carbocycles. The fourth-order valence-electron chi connectivity index (χ4n) is 1.20. The van der Waals surface area contributed by atoms with Crippen molar-refractivity contribution in [3.8, 4) is 10.4 Å². The van der Waals surface area contributed by atoms with Crippen molar-refractivity contribution in [1.82, 2.24) is 0 Å². The van der Waals surface area contributed by atoms with Gasteiger partial charge in [-0.2, -0.15) is 0 Å². The monoisotopic (exact) mass is 192 g/mol. The molecule has 0 fully saturated rings. The fraction of sp³-hybridized carbons (Fsp3) is 0.100. The summed E-state index contributed by atoms with van der Waals surface area (Å²) in [5.41, 5.74) is 0.883. The summed E-state index contributed by atoms with van der Waals surface area (Å²) in [4.78, 5) is 12.9. The molecule has 0 radical (unpaired) electrons. The van der Waals surface area contributed by atoms with E-state index in [0.29, 0.717) is 5.76 Å². The van der Waals surface area contributed by atoms with Crippen LogP contribution < -0.4 is 0 Å². The van der Waals surface area contributed by atoms with Gasteiger partial charge >= 0.3 is 0 Å². The van der Waals surface area contributed by atoms with E-state index < -0.39 is 0 Å². The Kier molecular flexibility index (Phi) is 2.02. The Bertz CT molecular complexity index is 426. The molecule has 0 atom stereocenters. The lowest BCUT2D eigenvalue weighted by Crippen LogP contribution is -1.76. The fourth-order valence-corrected chi connectivity index (χ4v) is 2.09. The van der Waals surface area contributed by atoms with Crippen LogP contribution in [0, 0.1) is 6.92 Å². The summed E-state index contributed by atoms with van der Waals surface area (Å²) in [5.74, 6) is 0.404. The summed E-state index contributed by atoms with van der Waals surface area (Å²) in [7, 11) is 0. The smallest absolute Gasteiger partial charge is 0.185 e. The first-order valence-corrected chi connectivity index (χ1v) is 4.72. The molecule has 0 bridgehead atoms. The van der Waals surface area contributed by atoms with Gasteiger partial charge in [-0.05, 0) is 25.1 Å². The minimum atomic E-state index is 0.404. The SMILES string of the molecule is Cc1ccc(-c2ccoc2C=O)s1. The van der Waals surface area contributed by atoms with Crippen LogP contribution in [0.2, 0.25) is 0 Å². The second-order valence-electron chi connectivity index (χ2n) is 2.73. The van der Waals surface area contributed by atoms with Gasteiger partial charge in [0.25, 0.3) is 0 Å². The molecule has 0 aliphatic heterocycles. The lowest BCUT2D eigenvalue weighted by Gasteiger charge is -1.90. The molecule has 0 spiro atoms. The number of hydrogen-bond donors (Lipinski definition) is 0. The van der Waals surface area contributed by atoms with Crippen LogP contribution in [-0.4, -0.2) is 6.29 Å². The van der Waals surface area contributed by atoms with Crippen molar-refractivity contribution >= 4 is 17.6 Å². The molecule has 0 unspecified atom stereocenters. The van der Waals surface area contributed by atoms with Gasteiger partial charge < -0.3 is 4.42 Å². The number of furan rings is 1. The van der Waals surface area contributed by atoms with E-state index in [2.05, 4.69) is 0 Å². The van der Waals surface area contributed by atoms with Crippen LogP contribution >= 0.6 is 11.3 Å². The second-order valence-corrected chi connectivity index (χ2v) is 4.01. The van der Waals surface area contributed by atoms with Crippen molar-refractivity contribution in [2.24, 2.45) is 0 Å².